The zero-order chi connectivity index (χ0) is 13.9. The highest BCUT2D eigenvalue weighted by atomic mass is 28.4. The van der Waals surface area contributed by atoms with Crippen molar-refractivity contribution in [3.63, 3.8) is 0 Å². The summed E-state index contributed by atoms with van der Waals surface area (Å²) in [4.78, 5) is 13.5. The quantitative estimate of drug-likeness (QED) is 0.265. The lowest BCUT2D eigenvalue weighted by molar-refractivity contribution is -0.118. The van der Waals surface area contributed by atoms with Crippen LogP contribution in [0.2, 0.25) is 6.04 Å². The van der Waals surface area contributed by atoms with Crippen LogP contribution in [0.5, 0.6) is 0 Å². The molecule has 0 atom stereocenters. The van der Waals surface area contributed by atoms with Crippen molar-refractivity contribution >= 4 is 14.7 Å². The molecule has 0 aliphatic rings. The van der Waals surface area contributed by atoms with Crippen molar-refractivity contribution in [1.82, 2.24) is 0 Å². The Labute approximate surface area is 108 Å². The molecular weight excluding hydrogens is 254 g/mol. The molecule has 0 aliphatic carbocycles. The predicted molar refractivity (Wildman–Crippen MR) is 68.8 cm³/mol. The van der Waals surface area contributed by atoms with Gasteiger partial charge in [0, 0.05) is 37.2 Å². The smallest absolute Gasteiger partial charge is 0.374 e. The molecule has 8 heteroatoms. The van der Waals surface area contributed by atoms with Crippen molar-refractivity contribution in [3.8, 4) is 0 Å². The van der Waals surface area contributed by atoms with E-state index in [4.69, 9.17) is 18.8 Å². The maximum Gasteiger partial charge on any atom is 0.500 e. The first-order valence-electron chi connectivity index (χ1n) is 6.13. The minimum absolute atomic E-state index is 0.187. The Morgan fingerprint density at radius 3 is 2.06 bits per heavy atom. The fourth-order valence-corrected chi connectivity index (χ4v) is 4.17. The fourth-order valence-electron chi connectivity index (χ4n) is 1.56. The second-order valence-electron chi connectivity index (χ2n) is 3.42. The number of amides is 1. The lowest BCUT2D eigenvalue weighted by atomic mass is 10.3. The SMILES string of the molecule is CCO[Si](CCCC(=O)N=[N+]=[N-])(OCC)OCC. The van der Waals surface area contributed by atoms with Crippen LogP contribution in [-0.4, -0.2) is 34.5 Å². The highest BCUT2D eigenvalue weighted by molar-refractivity contribution is 6.60. The largest absolute Gasteiger partial charge is 0.500 e. The van der Waals surface area contributed by atoms with Crippen LogP contribution in [0.4, 0.5) is 0 Å². The highest BCUT2D eigenvalue weighted by Gasteiger charge is 2.39. The van der Waals surface area contributed by atoms with Crippen LogP contribution in [0, 0.1) is 0 Å². The van der Waals surface area contributed by atoms with Gasteiger partial charge in [0.1, 0.15) is 0 Å². The Bertz CT molecular complexity index is 278. The predicted octanol–water partition coefficient (Wildman–Crippen LogP) is 2.65. The summed E-state index contributed by atoms with van der Waals surface area (Å²) in [5.41, 5.74) is 8.12. The van der Waals surface area contributed by atoms with E-state index in [9.17, 15) is 4.79 Å². The van der Waals surface area contributed by atoms with E-state index in [1.807, 2.05) is 20.8 Å². The van der Waals surface area contributed by atoms with Gasteiger partial charge in [0.05, 0.1) is 0 Å². The number of hydrogen-bond acceptors (Lipinski definition) is 4. The van der Waals surface area contributed by atoms with Gasteiger partial charge in [-0.3, -0.25) is 4.79 Å². The second kappa shape index (κ2) is 10.0. The summed E-state index contributed by atoms with van der Waals surface area (Å²) in [6.45, 7) is 7.17. The van der Waals surface area contributed by atoms with Crippen LogP contribution < -0.4 is 0 Å². The third-order valence-corrected chi connectivity index (χ3v) is 5.27. The second-order valence-corrected chi connectivity index (χ2v) is 6.15. The van der Waals surface area contributed by atoms with Crippen LogP contribution in [-0.2, 0) is 18.1 Å². The summed E-state index contributed by atoms with van der Waals surface area (Å²) in [5.74, 6) is -0.468. The van der Waals surface area contributed by atoms with Crippen molar-refractivity contribution in [2.24, 2.45) is 5.11 Å². The summed E-state index contributed by atoms with van der Waals surface area (Å²) in [5, 5.41) is 3.02. The van der Waals surface area contributed by atoms with Crippen LogP contribution >= 0.6 is 0 Å². The van der Waals surface area contributed by atoms with Crippen molar-refractivity contribution in [2.75, 3.05) is 19.8 Å². The van der Waals surface area contributed by atoms with Crippen molar-refractivity contribution in [1.29, 1.82) is 0 Å². The molecule has 0 radical (unpaired) electrons. The van der Waals surface area contributed by atoms with E-state index >= 15 is 0 Å². The van der Waals surface area contributed by atoms with Gasteiger partial charge in [-0.15, -0.1) is 0 Å². The molecule has 0 aromatic carbocycles. The molecular formula is C10H21N3O4Si. The van der Waals surface area contributed by atoms with Crippen molar-refractivity contribution in [2.45, 2.75) is 39.7 Å². The standard InChI is InChI=1S/C10H21N3O4Si/c1-4-15-18(16-5-2,17-6-3)9-7-8-10(14)12-13-11/h4-9H2,1-3H3. The molecule has 0 saturated carbocycles. The average molecular weight is 275 g/mol. The van der Waals surface area contributed by atoms with Gasteiger partial charge in [-0.2, -0.15) is 0 Å². The van der Waals surface area contributed by atoms with Crippen LogP contribution in [0.25, 0.3) is 10.4 Å². The average Bonchev–Trinajstić information content (AvgIpc) is 2.30. The molecule has 0 aliphatic heterocycles. The van der Waals surface area contributed by atoms with Crippen LogP contribution in [0.1, 0.15) is 33.6 Å². The topological polar surface area (TPSA) is 93.5 Å². The van der Waals surface area contributed by atoms with E-state index in [-0.39, 0.29) is 6.42 Å². The zero-order valence-corrected chi connectivity index (χ0v) is 12.2. The molecule has 7 nitrogen and oxygen atoms in total. The van der Waals surface area contributed by atoms with Gasteiger partial charge in [0.25, 0.3) is 0 Å². The van der Waals surface area contributed by atoms with Gasteiger partial charge < -0.3 is 13.3 Å². The van der Waals surface area contributed by atoms with Gasteiger partial charge in [-0.05, 0) is 37.8 Å². The number of carbonyl (C=O) groups excluding carboxylic acids is 1. The first-order valence-corrected chi connectivity index (χ1v) is 8.07. The molecule has 0 aromatic heterocycles. The molecule has 0 spiro atoms. The fraction of sp³-hybridized carbons (Fsp3) is 0.900. The van der Waals surface area contributed by atoms with E-state index in [2.05, 4.69) is 10.0 Å². The minimum Gasteiger partial charge on any atom is -0.374 e. The van der Waals surface area contributed by atoms with Gasteiger partial charge >= 0.3 is 8.80 Å². The van der Waals surface area contributed by atoms with Crippen LogP contribution in [0.3, 0.4) is 0 Å². The van der Waals surface area contributed by atoms with Crippen molar-refractivity contribution in [3.05, 3.63) is 10.4 Å². The Kier molecular flexibility index (Phi) is 9.53. The normalized spacial score (nSPS) is 11.1. The molecule has 0 fully saturated rings. The summed E-state index contributed by atoms with van der Waals surface area (Å²) in [7, 11) is -2.67. The monoisotopic (exact) mass is 275 g/mol. The highest BCUT2D eigenvalue weighted by Crippen LogP contribution is 2.19. The molecule has 1 amide bonds. The Balaban J connectivity index is 4.37. The van der Waals surface area contributed by atoms with E-state index < -0.39 is 14.7 Å². The third kappa shape index (κ3) is 6.73. The number of nitrogens with zero attached hydrogens (tertiary/aromatic N) is 3. The molecule has 18 heavy (non-hydrogen) atoms. The summed E-state index contributed by atoms with van der Waals surface area (Å²) in [6.07, 6.45) is 0.718. The zero-order valence-electron chi connectivity index (χ0n) is 11.2. The molecule has 0 N–H and O–H groups in total. The van der Waals surface area contributed by atoms with E-state index in [0.717, 1.165) is 0 Å². The van der Waals surface area contributed by atoms with Crippen molar-refractivity contribution < 1.29 is 18.1 Å². The van der Waals surface area contributed by atoms with Gasteiger partial charge in [-0.1, -0.05) is 0 Å². The van der Waals surface area contributed by atoms with Crippen LogP contribution in [0.15, 0.2) is 5.11 Å². The molecule has 0 saturated heterocycles. The maximum atomic E-state index is 11.1. The molecule has 0 bridgehead atoms. The number of carbonyl (C=O) groups is 1. The van der Waals surface area contributed by atoms with E-state index in [1.54, 1.807) is 0 Å². The van der Waals surface area contributed by atoms with Gasteiger partial charge in [0.2, 0.25) is 5.91 Å². The lowest BCUT2D eigenvalue weighted by Crippen LogP contribution is -2.45. The Hall–Kier alpha value is -0.923. The van der Waals surface area contributed by atoms with Gasteiger partial charge in [0.15, 0.2) is 0 Å². The summed E-state index contributed by atoms with van der Waals surface area (Å²) >= 11 is 0. The molecule has 0 unspecified atom stereocenters. The number of rotatable bonds is 10. The van der Waals surface area contributed by atoms with E-state index in [0.29, 0.717) is 32.3 Å². The lowest BCUT2D eigenvalue weighted by Gasteiger charge is -2.28. The summed E-state index contributed by atoms with van der Waals surface area (Å²) in [6, 6.07) is 0.551. The Morgan fingerprint density at radius 2 is 1.67 bits per heavy atom. The van der Waals surface area contributed by atoms with E-state index in [1.165, 1.54) is 0 Å². The molecule has 0 heterocycles. The summed E-state index contributed by atoms with van der Waals surface area (Å²) < 4.78 is 16.9. The number of azide groups is 1. The molecule has 0 aromatic rings. The Morgan fingerprint density at radius 1 is 1.17 bits per heavy atom. The van der Waals surface area contributed by atoms with Gasteiger partial charge in [-0.25, -0.2) is 0 Å². The first-order chi connectivity index (χ1) is 8.64. The molecule has 0 rings (SSSR count). The minimum atomic E-state index is -2.67. The third-order valence-electron chi connectivity index (χ3n) is 2.12. The maximum absolute atomic E-state index is 11.1. The number of hydrogen-bond donors (Lipinski definition) is 0. The molecule has 104 valence electrons. The first kappa shape index (κ1) is 17.1.